The summed E-state index contributed by atoms with van der Waals surface area (Å²) in [6, 6.07) is 52.9. The van der Waals surface area contributed by atoms with E-state index < -0.39 is 6.10 Å². The van der Waals surface area contributed by atoms with Gasteiger partial charge in [-0.3, -0.25) is 4.98 Å². The number of pyridine rings is 1. The molecule has 5 heterocycles. The number of hydrogen-bond acceptors (Lipinski definition) is 6. The predicted molar refractivity (Wildman–Crippen MR) is 259 cm³/mol. The average molecular weight is 864 g/mol. The van der Waals surface area contributed by atoms with E-state index in [0.717, 1.165) is 92.6 Å². The maximum Gasteiger partial charge on any atom is 0.227 e. The first kappa shape index (κ1) is 42.5. The first-order valence-corrected chi connectivity index (χ1v) is 22.0. The molecule has 3 fully saturated rings. The highest BCUT2D eigenvalue weighted by molar-refractivity contribution is 6.32. The van der Waals surface area contributed by atoms with Crippen LogP contribution in [0.2, 0.25) is 5.15 Å². The van der Waals surface area contributed by atoms with Crippen molar-refractivity contribution in [1.82, 2.24) is 15.0 Å². The van der Waals surface area contributed by atoms with Gasteiger partial charge in [-0.1, -0.05) is 139 Å². The molecule has 320 valence electrons. The molecular weight excluding hydrogens is 812 g/mol. The first-order valence-electron chi connectivity index (χ1n) is 21.6. The number of phenolic OH excluding ortho intramolecular Hbond substituents is 1. The van der Waals surface area contributed by atoms with Crippen molar-refractivity contribution in [3.05, 3.63) is 200 Å². The molecule has 6 aromatic carbocycles. The van der Waals surface area contributed by atoms with Gasteiger partial charge < -0.3 is 26.5 Å². The normalized spacial score (nSPS) is 19.4. The SMILES string of the molecule is C=CC1C[N+]2(Cc3cc(-c4ccccc4)c(OC)c(-c4ccccc4)c3)CCC1CC2[C@@H](Oc1nc(-c2ccccc2)nc(Cl)c1-c1ccccc1)c1ccnc2ccc(O)cc12.[CH3-]. The monoisotopic (exact) mass is 862 g/mol. The van der Waals surface area contributed by atoms with E-state index in [1.54, 1.807) is 13.2 Å². The summed E-state index contributed by atoms with van der Waals surface area (Å²) < 4.78 is 14.6. The van der Waals surface area contributed by atoms with E-state index in [-0.39, 0.29) is 19.2 Å². The van der Waals surface area contributed by atoms with Gasteiger partial charge in [-0.2, -0.15) is 4.98 Å². The molecule has 8 heteroatoms. The molecule has 11 rings (SSSR count). The van der Waals surface area contributed by atoms with E-state index in [1.807, 2.05) is 91.1 Å². The second-order valence-electron chi connectivity index (χ2n) is 16.9. The number of aromatic hydroxyl groups is 1. The molecule has 3 aliphatic rings. The standard InChI is InChI=1S/C55H47ClN4O3.CH3/c1-3-37-35-60(34-36-30-45(38-16-8-4-9-17-38)51(62-2)46(31-36)39-18-10-5-11-19-39)29-27-42(37)32-49(60)52(44-26-28-57-48-25-24-43(61)33-47(44)48)63-55-50(40-20-12-6-13-21-40)53(56)58-54(59-55)41-22-14-7-15-23-41;/h3-26,28,30-31,33,37,42,49,52H,1,27,29,32,34-35H2,2H3;1H3/q;-1/p+1/t37?,42?,49?,52-,60?;/m0./s1. The van der Waals surface area contributed by atoms with E-state index in [2.05, 4.69) is 79.4 Å². The summed E-state index contributed by atoms with van der Waals surface area (Å²) >= 11 is 7.24. The third-order valence-electron chi connectivity index (χ3n) is 13.3. The van der Waals surface area contributed by atoms with Crippen LogP contribution in [-0.2, 0) is 6.54 Å². The van der Waals surface area contributed by atoms with Gasteiger partial charge in [0.15, 0.2) is 11.9 Å². The van der Waals surface area contributed by atoms with Crippen molar-refractivity contribution < 1.29 is 19.1 Å². The molecule has 0 spiro atoms. The fourth-order valence-corrected chi connectivity index (χ4v) is 10.6. The highest BCUT2D eigenvalue weighted by Gasteiger charge is 2.55. The molecule has 1 N–H and O–H groups in total. The summed E-state index contributed by atoms with van der Waals surface area (Å²) in [5, 5.41) is 12.1. The van der Waals surface area contributed by atoms with Crippen molar-refractivity contribution in [3.63, 3.8) is 0 Å². The van der Waals surface area contributed by atoms with Crippen LogP contribution < -0.4 is 9.47 Å². The van der Waals surface area contributed by atoms with Gasteiger partial charge in [-0.15, -0.1) is 6.58 Å². The van der Waals surface area contributed by atoms with Crippen molar-refractivity contribution in [3.8, 4) is 62.1 Å². The second-order valence-corrected chi connectivity index (χ2v) is 17.2. The molecule has 2 bridgehead atoms. The van der Waals surface area contributed by atoms with Gasteiger partial charge in [0.05, 0.1) is 31.3 Å². The molecule has 0 aliphatic carbocycles. The maximum atomic E-state index is 11.0. The van der Waals surface area contributed by atoms with Gasteiger partial charge in [0.25, 0.3) is 0 Å². The van der Waals surface area contributed by atoms with E-state index in [4.69, 9.17) is 36.0 Å². The van der Waals surface area contributed by atoms with Crippen LogP contribution in [0, 0.1) is 19.3 Å². The molecule has 3 saturated heterocycles. The Hall–Kier alpha value is -6.80. The van der Waals surface area contributed by atoms with E-state index >= 15 is 0 Å². The fourth-order valence-electron chi connectivity index (χ4n) is 10.3. The molecule has 0 radical (unpaired) electrons. The number of fused-ring (bicyclic) bond motifs is 4. The minimum Gasteiger partial charge on any atom is -0.508 e. The van der Waals surface area contributed by atoms with Crippen molar-refractivity contribution >= 4 is 22.5 Å². The molecule has 64 heavy (non-hydrogen) atoms. The molecular formula is C56H51ClN4O3. The van der Waals surface area contributed by atoms with Crippen molar-refractivity contribution in [2.75, 3.05) is 20.2 Å². The lowest BCUT2D eigenvalue weighted by Gasteiger charge is -2.58. The van der Waals surface area contributed by atoms with Crippen LogP contribution in [0.25, 0.3) is 55.7 Å². The quantitative estimate of drug-likeness (QED) is 0.0571. The number of rotatable bonds is 12. The number of benzene rings is 6. The van der Waals surface area contributed by atoms with Gasteiger partial charge in [-0.25, -0.2) is 4.98 Å². The minimum atomic E-state index is -0.539. The summed E-state index contributed by atoms with van der Waals surface area (Å²) in [7, 11) is 1.76. The van der Waals surface area contributed by atoms with Gasteiger partial charge in [0, 0.05) is 58.2 Å². The zero-order chi connectivity index (χ0) is 42.9. The lowest BCUT2D eigenvalue weighted by molar-refractivity contribution is -0.984. The van der Waals surface area contributed by atoms with Gasteiger partial charge in [0.2, 0.25) is 5.88 Å². The van der Waals surface area contributed by atoms with Crippen molar-refractivity contribution in [1.29, 1.82) is 0 Å². The lowest BCUT2D eigenvalue weighted by atomic mass is 9.71. The summed E-state index contributed by atoms with van der Waals surface area (Å²) in [5.74, 6) is 2.64. The third kappa shape index (κ3) is 8.02. The topological polar surface area (TPSA) is 77.4 Å². The van der Waals surface area contributed by atoms with Crippen LogP contribution in [0.1, 0.15) is 30.1 Å². The molecule has 8 aromatic rings. The van der Waals surface area contributed by atoms with Crippen LogP contribution in [-0.4, -0.2) is 50.8 Å². The average Bonchev–Trinajstić information content (AvgIpc) is 3.33. The Kier molecular flexibility index (Phi) is 12.0. The molecule has 2 aromatic heterocycles. The van der Waals surface area contributed by atoms with E-state index in [0.29, 0.717) is 34.3 Å². The molecule has 3 aliphatic heterocycles. The number of quaternary nitrogens is 1. The Morgan fingerprint density at radius 2 is 1.39 bits per heavy atom. The molecule has 0 amide bonds. The summed E-state index contributed by atoms with van der Waals surface area (Å²) in [4.78, 5) is 14.8. The van der Waals surface area contributed by atoms with Crippen LogP contribution in [0.3, 0.4) is 0 Å². The number of aromatic nitrogens is 3. The summed E-state index contributed by atoms with van der Waals surface area (Å²) in [6.07, 6.45) is 5.44. The Labute approximate surface area is 380 Å². The fraction of sp³-hybridized carbons (Fsp3) is 0.179. The summed E-state index contributed by atoms with van der Waals surface area (Å²) in [5.41, 5.74) is 9.53. The zero-order valence-electron chi connectivity index (χ0n) is 36.1. The van der Waals surface area contributed by atoms with Crippen molar-refractivity contribution in [2.45, 2.75) is 31.5 Å². The molecule has 5 atom stereocenters. The van der Waals surface area contributed by atoms with Gasteiger partial charge >= 0.3 is 0 Å². The van der Waals surface area contributed by atoms with Crippen LogP contribution in [0.15, 0.2) is 177 Å². The van der Waals surface area contributed by atoms with Crippen LogP contribution in [0.4, 0.5) is 0 Å². The second kappa shape index (κ2) is 18.1. The van der Waals surface area contributed by atoms with Crippen molar-refractivity contribution in [2.24, 2.45) is 11.8 Å². The number of piperidine rings is 3. The highest BCUT2D eigenvalue weighted by atomic mass is 35.5. The molecule has 4 unspecified atom stereocenters. The maximum absolute atomic E-state index is 11.0. The number of hydrogen-bond donors (Lipinski definition) is 1. The number of ether oxygens (including phenoxy) is 2. The number of halogens is 1. The molecule has 0 saturated carbocycles. The lowest BCUT2D eigenvalue weighted by Crippen LogP contribution is -2.68. The van der Waals surface area contributed by atoms with E-state index in [9.17, 15) is 5.11 Å². The third-order valence-corrected chi connectivity index (χ3v) is 13.5. The van der Waals surface area contributed by atoms with Crippen LogP contribution >= 0.6 is 11.6 Å². The summed E-state index contributed by atoms with van der Waals surface area (Å²) in [6.45, 7) is 6.97. The molecule has 7 nitrogen and oxygen atoms in total. The Morgan fingerprint density at radius 3 is 2.00 bits per heavy atom. The Morgan fingerprint density at radius 1 is 0.781 bits per heavy atom. The number of methoxy groups -OCH3 is 1. The van der Waals surface area contributed by atoms with Gasteiger partial charge in [0.1, 0.15) is 29.2 Å². The van der Waals surface area contributed by atoms with Gasteiger partial charge in [-0.05, 0) is 59.0 Å². The largest absolute Gasteiger partial charge is 0.508 e. The Balaban J connectivity index is 0.00000518. The predicted octanol–water partition coefficient (Wildman–Crippen LogP) is 13.2. The smallest absolute Gasteiger partial charge is 0.227 e. The number of phenols is 1. The highest BCUT2D eigenvalue weighted by Crippen LogP contribution is 2.51. The Bertz CT molecular complexity index is 2850. The number of nitrogens with zero attached hydrogens (tertiary/aromatic N) is 4. The van der Waals surface area contributed by atoms with E-state index in [1.165, 1.54) is 5.56 Å². The van der Waals surface area contributed by atoms with Crippen LogP contribution in [0.5, 0.6) is 17.4 Å². The minimum absolute atomic E-state index is 0. The first-order chi connectivity index (χ1) is 30.9. The zero-order valence-corrected chi connectivity index (χ0v) is 36.9.